The molecule has 2 N–H and O–H groups in total. The minimum Gasteiger partial charge on any atom is -0.480 e. The molecule has 0 fully saturated rings. The van der Waals surface area contributed by atoms with Crippen molar-refractivity contribution >= 4 is 5.97 Å². The van der Waals surface area contributed by atoms with Crippen molar-refractivity contribution in [2.75, 3.05) is 6.54 Å². The van der Waals surface area contributed by atoms with Gasteiger partial charge in [0, 0.05) is 6.54 Å². The number of hydrogen-bond donors (Lipinski definition) is 2. The standard InChI is InChI=1S/C13H18FNO2/c1-9-8-10(4-5-11(9)14)6-7-15-13(2,3)12(16)17/h4-5,8,15H,6-7H2,1-3H3,(H,16,17). The average Bonchev–Trinajstić information content (AvgIpc) is 2.23. The van der Waals surface area contributed by atoms with Gasteiger partial charge in [0.2, 0.25) is 0 Å². The summed E-state index contributed by atoms with van der Waals surface area (Å²) in [6, 6.07) is 4.94. The van der Waals surface area contributed by atoms with E-state index in [2.05, 4.69) is 5.32 Å². The average molecular weight is 239 g/mol. The van der Waals surface area contributed by atoms with E-state index in [1.807, 2.05) is 0 Å². The number of benzene rings is 1. The number of rotatable bonds is 5. The van der Waals surface area contributed by atoms with Crippen molar-refractivity contribution in [1.29, 1.82) is 0 Å². The van der Waals surface area contributed by atoms with Gasteiger partial charge in [-0.25, -0.2) is 4.39 Å². The van der Waals surface area contributed by atoms with Crippen molar-refractivity contribution in [3.05, 3.63) is 35.1 Å². The van der Waals surface area contributed by atoms with Crippen LogP contribution in [0.15, 0.2) is 18.2 Å². The number of aliphatic carboxylic acids is 1. The van der Waals surface area contributed by atoms with Gasteiger partial charge in [0.1, 0.15) is 11.4 Å². The molecule has 0 saturated carbocycles. The third kappa shape index (κ3) is 3.82. The fourth-order valence-electron chi connectivity index (χ4n) is 1.46. The fourth-order valence-corrected chi connectivity index (χ4v) is 1.46. The molecule has 4 heteroatoms. The molecule has 0 heterocycles. The normalized spacial score (nSPS) is 11.5. The van der Waals surface area contributed by atoms with E-state index >= 15 is 0 Å². The van der Waals surface area contributed by atoms with Gasteiger partial charge in [0.05, 0.1) is 0 Å². The molecule has 0 aromatic heterocycles. The molecule has 17 heavy (non-hydrogen) atoms. The first-order valence-electron chi connectivity index (χ1n) is 5.56. The molecule has 94 valence electrons. The molecule has 0 aliphatic carbocycles. The van der Waals surface area contributed by atoms with E-state index in [0.29, 0.717) is 18.5 Å². The highest BCUT2D eigenvalue weighted by Gasteiger charge is 2.25. The molecule has 0 aliphatic rings. The zero-order valence-corrected chi connectivity index (χ0v) is 10.4. The minimum absolute atomic E-state index is 0.215. The summed E-state index contributed by atoms with van der Waals surface area (Å²) in [5, 5.41) is 11.9. The van der Waals surface area contributed by atoms with Crippen molar-refractivity contribution in [2.24, 2.45) is 0 Å². The Kier molecular flexibility index (Phi) is 4.23. The van der Waals surface area contributed by atoms with Crippen LogP contribution >= 0.6 is 0 Å². The number of aryl methyl sites for hydroxylation is 1. The maximum atomic E-state index is 13.0. The summed E-state index contributed by atoms with van der Waals surface area (Å²) in [6.45, 7) is 5.49. The van der Waals surface area contributed by atoms with Gasteiger partial charge in [0.15, 0.2) is 0 Å². The Balaban J connectivity index is 2.51. The Hall–Kier alpha value is -1.42. The van der Waals surface area contributed by atoms with Gasteiger partial charge < -0.3 is 10.4 Å². The lowest BCUT2D eigenvalue weighted by Crippen LogP contribution is -2.47. The zero-order chi connectivity index (χ0) is 13.1. The van der Waals surface area contributed by atoms with Crippen LogP contribution in [0.5, 0.6) is 0 Å². The van der Waals surface area contributed by atoms with Crippen molar-refractivity contribution in [2.45, 2.75) is 32.7 Å². The third-order valence-corrected chi connectivity index (χ3v) is 2.74. The Bertz CT molecular complexity index is 416. The van der Waals surface area contributed by atoms with E-state index in [-0.39, 0.29) is 5.82 Å². The van der Waals surface area contributed by atoms with E-state index < -0.39 is 11.5 Å². The van der Waals surface area contributed by atoms with Crippen molar-refractivity contribution < 1.29 is 14.3 Å². The lowest BCUT2D eigenvalue weighted by Gasteiger charge is -2.20. The third-order valence-electron chi connectivity index (χ3n) is 2.74. The second-order valence-corrected chi connectivity index (χ2v) is 4.69. The van der Waals surface area contributed by atoms with Crippen LogP contribution in [-0.4, -0.2) is 23.2 Å². The second-order valence-electron chi connectivity index (χ2n) is 4.69. The molecule has 1 aromatic rings. The number of hydrogen-bond acceptors (Lipinski definition) is 2. The topological polar surface area (TPSA) is 49.3 Å². The van der Waals surface area contributed by atoms with Crippen LogP contribution < -0.4 is 5.32 Å². The Morgan fingerprint density at radius 3 is 2.65 bits per heavy atom. The molecule has 0 amide bonds. The number of carbonyl (C=O) groups is 1. The van der Waals surface area contributed by atoms with E-state index in [1.165, 1.54) is 6.07 Å². The van der Waals surface area contributed by atoms with Gasteiger partial charge in [0.25, 0.3) is 0 Å². The Labute approximate surface area is 101 Å². The molecule has 0 bridgehead atoms. The highest BCUT2D eigenvalue weighted by Crippen LogP contribution is 2.10. The van der Waals surface area contributed by atoms with Crippen LogP contribution in [0.25, 0.3) is 0 Å². The van der Waals surface area contributed by atoms with Crippen LogP contribution in [0.1, 0.15) is 25.0 Å². The summed E-state index contributed by atoms with van der Waals surface area (Å²) in [5.41, 5.74) is 0.673. The van der Waals surface area contributed by atoms with E-state index in [1.54, 1.807) is 32.9 Å². The van der Waals surface area contributed by atoms with Gasteiger partial charge in [-0.15, -0.1) is 0 Å². The first-order valence-corrected chi connectivity index (χ1v) is 5.56. The van der Waals surface area contributed by atoms with Gasteiger partial charge >= 0.3 is 5.97 Å². The summed E-state index contributed by atoms with van der Waals surface area (Å²) in [7, 11) is 0. The van der Waals surface area contributed by atoms with Crippen molar-refractivity contribution in [3.8, 4) is 0 Å². The van der Waals surface area contributed by atoms with E-state index in [4.69, 9.17) is 5.11 Å². The summed E-state index contributed by atoms with van der Waals surface area (Å²) >= 11 is 0. The quantitative estimate of drug-likeness (QED) is 0.827. The van der Waals surface area contributed by atoms with Gasteiger partial charge in [-0.1, -0.05) is 12.1 Å². The summed E-state index contributed by atoms with van der Waals surface area (Å²) in [5.74, 6) is -1.10. The van der Waals surface area contributed by atoms with Gasteiger partial charge in [-0.05, 0) is 44.4 Å². The smallest absolute Gasteiger partial charge is 0.323 e. The maximum absolute atomic E-state index is 13.0. The largest absolute Gasteiger partial charge is 0.480 e. The minimum atomic E-state index is -0.935. The van der Waals surface area contributed by atoms with Crippen LogP contribution in [0.3, 0.4) is 0 Å². The summed E-state index contributed by atoms with van der Waals surface area (Å²) in [4.78, 5) is 10.9. The zero-order valence-electron chi connectivity index (χ0n) is 10.4. The molecule has 1 aromatic carbocycles. The number of halogens is 1. The molecular formula is C13H18FNO2. The molecule has 0 unspecified atom stereocenters. The van der Waals surface area contributed by atoms with E-state index in [9.17, 15) is 9.18 Å². The number of carboxylic acid groups (broad SMARTS) is 1. The van der Waals surface area contributed by atoms with Crippen LogP contribution in [0, 0.1) is 12.7 Å². The predicted molar refractivity (Wildman–Crippen MR) is 64.6 cm³/mol. The molecule has 1 rings (SSSR count). The molecule has 0 aliphatic heterocycles. The first-order chi connectivity index (χ1) is 7.83. The number of nitrogens with one attached hydrogen (secondary N) is 1. The summed E-state index contributed by atoms with van der Waals surface area (Å²) < 4.78 is 13.0. The highest BCUT2D eigenvalue weighted by atomic mass is 19.1. The number of carboxylic acids is 1. The SMILES string of the molecule is Cc1cc(CCNC(C)(C)C(=O)O)ccc1F. The molecular weight excluding hydrogens is 221 g/mol. The van der Waals surface area contributed by atoms with E-state index in [0.717, 1.165) is 5.56 Å². The lowest BCUT2D eigenvalue weighted by molar-refractivity contribution is -0.143. The van der Waals surface area contributed by atoms with Gasteiger partial charge in [-0.3, -0.25) is 4.79 Å². The van der Waals surface area contributed by atoms with Crippen molar-refractivity contribution in [1.82, 2.24) is 5.32 Å². The summed E-state index contributed by atoms with van der Waals surface area (Å²) in [6.07, 6.45) is 0.678. The molecule has 0 spiro atoms. The Morgan fingerprint density at radius 1 is 1.47 bits per heavy atom. The van der Waals surface area contributed by atoms with Gasteiger partial charge in [-0.2, -0.15) is 0 Å². The van der Waals surface area contributed by atoms with Crippen molar-refractivity contribution in [3.63, 3.8) is 0 Å². The van der Waals surface area contributed by atoms with Crippen LogP contribution in [0.2, 0.25) is 0 Å². The molecule has 0 radical (unpaired) electrons. The maximum Gasteiger partial charge on any atom is 0.323 e. The predicted octanol–water partition coefficient (Wildman–Crippen LogP) is 2.13. The lowest BCUT2D eigenvalue weighted by atomic mass is 10.0. The highest BCUT2D eigenvalue weighted by molar-refractivity contribution is 5.77. The second kappa shape index (κ2) is 5.27. The molecule has 0 saturated heterocycles. The van der Waals surface area contributed by atoms with Crippen LogP contribution in [0.4, 0.5) is 4.39 Å². The fraction of sp³-hybridized carbons (Fsp3) is 0.462. The van der Waals surface area contributed by atoms with Crippen LogP contribution in [-0.2, 0) is 11.2 Å². The monoisotopic (exact) mass is 239 g/mol. The molecule has 0 atom stereocenters. The Morgan fingerprint density at radius 2 is 2.12 bits per heavy atom. The molecule has 3 nitrogen and oxygen atoms in total. The first kappa shape index (κ1) is 13.6.